The van der Waals surface area contributed by atoms with Crippen LogP contribution in [0.3, 0.4) is 0 Å². The number of fused-ring (bicyclic) bond motifs is 1. The van der Waals surface area contributed by atoms with Crippen LogP contribution in [0, 0.1) is 0 Å². The van der Waals surface area contributed by atoms with Gasteiger partial charge in [-0.2, -0.15) is 15.4 Å². The molecular weight excluding hydrogens is 160 g/mol. The molecule has 46 valence electrons. The number of benzene rings is 1. The Bertz CT molecular complexity index is 290. The van der Waals surface area contributed by atoms with E-state index in [0.717, 1.165) is 11.0 Å². The van der Waals surface area contributed by atoms with Crippen molar-refractivity contribution in [3.05, 3.63) is 24.3 Å². The molecule has 3 nitrogen and oxygen atoms in total. The maximum Gasteiger partial charge on any atom is 0.112 e. The van der Waals surface area contributed by atoms with Crippen molar-refractivity contribution < 1.29 is 0 Å². The molecule has 1 aromatic carbocycles. The first-order valence-electron chi connectivity index (χ1n) is 2.72. The fourth-order valence-corrected chi connectivity index (χ4v) is 0.786. The molecule has 0 saturated carbocycles. The van der Waals surface area contributed by atoms with Gasteiger partial charge in [-0.1, -0.05) is 12.1 Å². The zero-order chi connectivity index (χ0) is 6.10. The number of hydrogen-bond acceptors (Lipinski definition) is 2. The smallest absolute Gasteiger partial charge is 0.112 e. The van der Waals surface area contributed by atoms with Crippen LogP contribution in [0.25, 0.3) is 11.0 Å². The number of aromatic amines is 1. The molecule has 0 aliphatic carbocycles. The SMILES string of the molecule is [Na].[Na].c1ccc2n[nH]nc2c1. The zero-order valence-corrected chi connectivity index (χ0v) is 10.7. The van der Waals surface area contributed by atoms with Gasteiger partial charge < -0.3 is 0 Å². The standard InChI is InChI=1S/C6H5N3.2Na/c1-2-4-6-5(3-1)7-9-8-6;;/h1-4H,(H,7,8,9);;. The van der Waals surface area contributed by atoms with Crippen molar-refractivity contribution in [1.29, 1.82) is 0 Å². The quantitative estimate of drug-likeness (QED) is 0.566. The maximum atomic E-state index is 3.88. The van der Waals surface area contributed by atoms with Gasteiger partial charge in [-0.3, -0.25) is 0 Å². The monoisotopic (exact) mass is 165 g/mol. The summed E-state index contributed by atoms with van der Waals surface area (Å²) in [5.74, 6) is 0. The molecule has 0 saturated heterocycles. The van der Waals surface area contributed by atoms with Crippen molar-refractivity contribution in [2.75, 3.05) is 0 Å². The molecule has 0 fully saturated rings. The average Bonchev–Trinajstić information content (AvgIpc) is 2.33. The molecule has 2 radical (unpaired) electrons. The third kappa shape index (κ3) is 2.54. The molecule has 1 aromatic heterocycles. The molecule has 1 N–H and O–H groups in total. The molecule has 0 atom stereocenters. The minimum absolute atomic E-state index is 0. The predicted molar refractivity (Wildman–Crippen MR) is 45.4 cm³/mol. The van der Waals surface area contributed by atoms with Gasteiger partial charge in [0, 0.05) is 59.1 Å². The molecule has 0 aliphatic rings. The number of nitrogens with one attached hydrogen (secondary N) is 1. The summed E-state index contributed by atoms with van der Waals surface area (Å²) in [5.41, 5.74) is 1.83. The summed E-state index contributed by atoms with van der Waals surface area (Å²) >= 11 is 0. The fraction of sp³-hybridized carbons (Fsp3) is 0. The third-order valence-electron chi connectivity index (χ3n) is 1.22. The number of H-pyrrole nitrogens is 1. The van der Waals surface area contributed by atoms with Gasteiger partial charge in [0.1, 0.15) is 11.0 Å². The van der Waals surface area contributed by atoms with Crippen LogP contribution in [0.15, 0.2) is 24.3 Å². The van der Waals surface area contributed by atoms with Crippen molar-refractivity contribution in [2.45, 2.75) is 0 Å². The summed E-state index contributed by atoms with van der Waals surface area (Å²) in [5, 5.41) is 10.3. The Morgan fingerprint density at radius 2 is 1.36 bits per heavy atom. The first kappa shape index (κ1) is 11.6. The van der Waals surface area contributed by atoms with E-state index in [1.54, 1.807) is 0 Å². The molecule has 0 amide bonds. The van der Waals surface area contributed by atoms with Crippen LogP contribution in [-0.4, -0.2) is 74.5 Å². The van der Waals surface area contributed by atoms with Gasteiger partial charge in [-0.15, -0.1) is 0 Å². The maximum absolute atomic E-state index is 3.88. The van der Waals surface area contributed by atoms with Crippen molar-refractivity contribution in [2.24, 2.45) is 0 Å². The average molecular weight is 165 g/mol. The van der Waals surface area contributed by atoms with Crippen molar-refractivity contribution in [3.8, 4) is 0 Å². The number of aromatic nitrogens is 3. The first-order valence-corrected chi connectivity index (χ1v) is 2.72. The Morgan fingerprint density at radius 3 is 1.82 bits per heavy atom. The topological polar surface area (TPSA) is 41.6 Å². The zero-order valence-electron chi connectivity index (χ0n) is 6.70. The number of nitrogens with zero attached hydrogens (tertiary/aromatic N) is 2. The summed E-state index contributed by atoms with van der Waals surface area (Å²) in [6, 6.07) is 7.70. The van der Waals surface area contributed by atoms with E-state index >= 15 is 0 Å². The second-order valence-corrected chi connectivity index (χ2v) is 1.81. The van der Waals surface area contributed by atoms with E-state index in [9.17, 15) is 0 Å². The van der Waals surface area contributed by atoms with Crippen LogP contribution in [0.5, 0.6) is 0 Å². The van der Waals surface area contributed by atoms with Gasteiger partial charge in [0.2, 0.25) is 0 Å². The minimum Gasteiger partial charge on any atom is -0.197 e. The van der Waals surface area contributed by atoms with Crippen LogP contribution in [-0.2, 0) is 0 Å². The van der Waals surface area contributed by atoms with E-state index in [1.807, 2.05) is 24.3 Å². The third-order valence-corrected chi connectivity index (χ3v) is 1.22. The van der Waals surface area contributed by atoms with Crippen molar-refractivity contribution >= 4 is 70.1 Å². The molecule has 0 spiro atoms. The van der Waals surface area contributed by atoms with Crippen LogP contribution in [0.2, 0.25) is 0 Å². The summed E-state index contributed by atoms with van der Waals surface area (Å²) in [6.45, 7) is 0. The van der Waals surface area contributed by atoms with Crippen LogP contribution in [0.1, 0.15) is 0 Å². The Labute approximate surface area is 109 Å². The second-order valence-electron chi connectivity index (χ2n) is 1.81. The van der Waals surface area contributed by atoms with E-state index in [0.29, 0.717) is 0 Å². The van der Waals surface area contributed by atoms with E-state index in [-0.39, 0.29) is 59.1 Å². The molecule has 1 heterocycles. The summed E-state index contributed by atoms with van der Waals surface area (Å²) in [4.78, 5) is 0. The number of hydrogen-bond donors (Lipinski definition) is 1. The van der Waals surface area contributed by atoms with Gasteiger partial charge in [-0.05, 0) is 12.1 Å². The van der Waals surface area contributed by atoms with Crippen molar-refractivity contribution in [3.63, 3.8) is 0 Å². The number of rotatable bonds is 0. The largest absolute Gasteiger partial charge is 0.197 e. The molecular formula is C6H5N3Na2. The van der Waals surface area contributed by atoms with E-state index in [1.165, 1.54) is 0 Å². The van der Waals surface area contributed by atoms with Crippen LogP contribution >= 0.6 is 0 Å². The number of para-hydroxylation sites is 2. The Morgan fingerprint density at radius 1 is 0.909 bits per heavy atom. The Balaban J connectivity index is 0.000000500. The molecule has 11 heavy (non-hydrogen) atoms. The van der Waals surface area contributed by atoms with Crippen molar-refractivity contribution in [1.82, 2.24) is 15.4 Å². The normalized spacial score (nSPS) is 8.36. The second kappa shape index (κ2) is 5.30. The van der Waals surface area contributed by atoms with Gasteiger partial charge in [0.05, 0.1) is 0 Å². The molecule has 0 aliphatic heterocycles. The molecule has 5 heteroatoms. The molecule has 2 aromatic rings. The summed E-state index contributed by atoms with van der Waals surface area (Å²) < 4.78 is 0. The fourth-order valence-electron chi connectivity index (χ4n) is 0.786. The molecule has 2 rings (SSSR count). The Kier molecular flexibility index (Phi) is 5.60. The van der Waals surface area contributed by atoms with Gasteiger partial charge in [0.15, 0.2) is 0 Å². The molecule has 0 bridgehead atoms. The first-order chi connectivity index (χ1) is 4.47. The van der Waals surface area contributed by atoms with Gasteiger partial charge >= 0.3 is 0 Å². The van der Waals surface area contributed by atoms with E-state index in [2.05, 4.69) is 15.4 Å². The van der Waals surface area contributed by atoms with Gasteiger partial charge in [0.25, 0.3) is 0 Å². The molecule has 0 unspecified atom stereocenters. The van der Waals surface area contributed by atoms with Crippen LogP contribution < -0.4 is 0 Å². The van der Waals surface area contributed by atoms with E-state index in [4.69, 9.17) is 0 Å². The predicted octanol–water partition coefficient (Wildman–Crippen LogP) is 0.196. The van der Waals surface area contributed by atoms with Crippen LogP contribution in [0.4, 0.5) is 0 Å². The summed E-state index contributed by atoms with van der Waals surface area (Å²) in [7, 11) is 0. The van der Waals surface area contributed by atoms with E-state index < -0.39 is 0 Å². The Hall–Kier alpha value is 0.620. The minimum atomic E-state index is 0. The van der Waals surface area contributed by atoms with Gasteiger partial charge in [-0.25, -0.2) is 0 Å². The summed E-state index contributed by atoms with van der Waals surface area (Å²) in [6.07, 6.45) is 0.